The van der Waals surface area contributed by atoms with Crippen LogP contribution in [0.4, 0.5) is 8.78 Å². The molecule has 5 nitrogen and oxygen atoms in total. The van der Waals surface area contributed by atoms with E-state index in [0.717, 1.165) is 14.2 Å². The first kappa shape index (κ1) is 16.9. The molecule has 0 radical (unpaired) electrons. The van der Waals surface area contributed by atoms with Crippen LogP contribution in [0.25, 0.3) is 0 Å². The Balaban J connectivity index is 3.22. The SMILES string of the molecule is COC(=O)C(Cc1ccc(OC)cc1)(C(=O)OC)C(F)F. The largest absolute Gasteiger partial charge is 0.497 e. The Labute approximate surface area is 120 Å². The molecule has 7 heteroatoms. The van der Waals surface area contributed by atoms with Gasteiger partial charge in [0.2, 0.25) is 5.41 Å². The zero-order valence-corrected chi connectivity index (χ0v) is 11.9. The molecule has 0 atom stereocenters. The Morgan fingerprint density at radius 1 is 1.05 bits per heavy atom. The summed E-state index contributed by atoms with van der Waals surface area (Å²) in [5.41, 5.74) is -2.33. The molecule has 0 saturated heterocycles. The molecule has 0 aromatic heterocycles. The van der Waals surface area contributed by atoms with Crippen molar-refractivity contribution in [2.75, 3.05) is 21.3 Å². The summed E-state index contributed by atoms with van der Waals surface area (Å²) in [7, 11) is 3.34. The van der Waals surface area contributed by atoms with Crippen LogP contribution in [0.3, 0.4) is 0 Å². The summed E-state index contributed by atoms with van der Waals surface area (Å²) in [6.45, 7) is 0. The lowest BCUT2D eigenvalue weighted by Gasteiger charge is -2.27. The summed E-state index contributed by atoms with van der Waals surface area (Å²) in [6, 6.07) is 6.06. The van der Waals surface area contributed by atoms with E-state index < -0.39 is 30.2 Å². The van der Waals surface area contributed by atoms with Gasteiger partial charge in [0.05, 0.1) is 21.3 Å². The maximum absolute atomic E-state index is 13.4. The highest BCUT2D eigenvalue weighted by atomic mass is 19.3. The lowest BCUT2D eigenvalue weighted by Crippen LogP contribution is -2.48. The third-order valence-corrected chi connectivity index (χ3v) is 3.11. The molecule has 0 amide bonds. The molecule has 0 spiro atoms. The number of methoxy groups -OCH3 is 3. The molecular formula is C14H16F2O5. The molecule has 21 heavy (non-hydrogen) atoms. The van der Waals surface area contributed by atoms with E-state index in [9.17, 15) is 18.4 Å². The van der Waals surface area contributed by atoms with E-state index in [-0.39, 0.29) is 0 Å². The van der Waals surface area contributed by atoms with Gasteiger partial charge in [0.15, 0.2) is 0 Å². The predicted molar refractivity (Wildman–Crippen MR) is 69.2 cm³/mol. The van der Waals surface area contributed by atoms with E-state index in [0.29, 0.717) is 11.3 Å². The van der Waals surface area contributed by atoms with Gasteiger partial charge in [-0.15, -0.1) is 0 Å². The maximum Gasteiger partial charge on any atom is 0.329 e. The second-order valence-electron chi connectivity index (χ2n) is 4.28. The summed E-state index contributed by atoms with van der Waals surface area (Å²) in [4.78, 5) is 23.6. The van der Waals surface area contributed by atoms with Crippen molar-refractivity contribution >= 4 is 11.9 Å². The highest BCUT2D eigenvalue weighted by Crippen LogP contribution is 2.34. The van der Waals surface area contributed by atoms with Crippen LogP contribution in [0.2, 0.25) is 0 Å². The third-order valence-electron chi connectivity index (χ3n) is 3.11. The first-order valence-corrected chi connectivity index (χ1v) is 6.00. The highest BCUT2D eigenvalue weighted by Gasteiger charge is 2.56. The van der Waals surface area contributed by atoms with Crippen LogP contribution in [0.5, 0.6) is 5.75 Å². The van der Waals surface area contributed by atoms with Crippen molar-refractivity contribution in [1.29, 1.82) is 0 Å². The molecule has 0 aliphatic heterocycles. The predicted octanol–water partition coefficient (Wildman–Crippen LogP) is 1.84. The van der Waals surface area contributed by atoms with Gasteiger partial charge >= 0.3 is 11.9 Å². The number of rotatable bonds is 6. The number of hydrogen-bond acceptors (Lipinski definition) is 5. The fraction of sp³-hybridized carbons (Fsp3) is 0.429. The number of carbonyl (C=O) groups is 2. The van der Waals surface area contributed by atoms with E-state index in [2.05, 4.69) is 9.47 Å². The minimum atomic E-state index is -3.26. The number of benzene rings is 1. The summed E-state index contributed by atoms with van der Waals surface area (Å²) in [5, 5.41) is 0. The maximum atomic E-state index is 13.4. The second kappa shape index (κ2) is 7.01. The lowest BCUT2D eigenvalue weighted by molar-refractivity contribution is -0.181. The van der Waals surface area contributed by atoms with Crippen LogP contribution in [-0.4, -0.2) is 39.7 Å². The van der Waals surface area contributed by atoms with Crippen molar-refractivity contribution in [3.05, 3.63) is 29.8 Å². The average molecular weight is 302 g/mol. The summed E-state index contributed by atoms with van der Waals surface area (Å²) in [6.07, 6.45) is -3.80. The molecule has 0 saturated carbocycles. The van der Waals surface area contributed by atoms with Crippen molar-refractivity contribution < 1.29 is 32.6 Å². The van der Waals surface area contributed by atoms with E-state index in [1.807, 2.05) is 0 Å². The van der Waals surface area contributed by atoms with Gasteiger partial charge in [0, 0.05) is 6.42 Å². The number of halogens is 2. The molecule has 1 aromatic rings. The molecule has 0 fully saturated rings. The monoisotopic (exact) mass is 302 g/mol. The van der Waals surface area contributed by atoms with Gasteiger partial charge in [0.1, 0.15) is 5.75 Å². The summed E-state index contributed by atoms with van der Waals surface area (Å²) >= 11 is 0. The molecule has 1 rings (SSSR count). The van der Waals surface area contributed by atoms with Crippen LogP contribution in [0.15, 0.2) is 24.3 Å². The Kier molecular flexibility index (Phi) is 5.63. The minimum absolute atomic E-state index is 0.354. The standard InChI is InChI=1S/C14H16F2O5/c1-19-10-6-4-9(5-7-10)8-14(11(15)16,12(17)20-2)13(18)21-3/h4-7,11H,8H2,1-3H3. The first-order chi connectivity index (χ1) is 9.92. The fourth-order valence-electron chi connectivity index (χ4n) is 1.91. The van der Waals surface area contributed by atoms with Gasteiger partial charge in [-0.05, 0) is 17.7 Å². The Hall–Kier alpha value is -2.18. The Morgan fingerprint density at radius 3 is 1.86 bits per heavy atom. The normalized spacial score (nSPS) is 11.1. The summed E-state index contributed by atoms with van der Waals surface area (Å²) < 4.78 is 40.6. The van der Waals surface area contributed by atoms with E-state index in [1.165, 1.54) is 19.2 Å². The molecule has 0 heterocycles. The van der Waals surface area contributed by atoms with Crippen LogP contribution in [0, 0.1) is 5.41 Å². The summed E-state index contributed by atoms with van der Waals surface area (Å²) in [5.74, 6) is -2.14. The van der Waals surface area contributed by atoms with Crippen LogP contribution < -0.4 is 4.74 Å². The van der Waals surface area contributed by atoms with Crippen LogP contribution >= 0.6 is 0 Å². The average Bonchev–Trinajstić information content (AvgIpc) is 2.51. The molecule has 116 valence electrons. The smallest absolute Gasteiger partial charge is 0.329 e. The van der Waals surface area contributed by atoms with E-state index in [1.54, 1.807) is 12.1 Å². The Bertz CT molecular complexity index is 483. The van der Waals surface area contributed by atoms with Crippen molar-refractivity contribution in [3.8, 4) is 5.75 Å². The molecule has 0 bridgehead atoms. The van der Waals surface area contributed by atoms with Crippen LogP contribution in [0.1, 0.15) is 5.56 Å². The molecule has 1 aromatic carbocycles. The van der Waals surface area contributed by atoms with Gasteiger partial charge in [0.25, 0.3) is 6.43 Å². The second-order valence-corrected chi connectivity index (χ2v) is 4.28. The zero-order valence-electron chi connectivity index (χ0n) is 11.9. The van der Waals surface area contributed by atoms with E-state index >= 15 is 0 Å². The van der Waals surface area contributed by atoms with Gasteiger partial charge < -0.3 is 14.2 Å². The number of esters is 2. The molecule has 0 N–H and O–H groups in total. The number of alkyl halides is 2. The van der Waals surface area contributed by atoms with Crippen molar-refractivity contribution in [2.24, 2.45) is 5.41 Å². The zero-order chi connectivity index (χ0) is 16.0. The van der Waals surface area contributed by atoms with Gasteiger partial charge in [-0.3, -0.25) is 9.59 Å². The molecular weight excluding hydrogens is 286 g/mol. The van der Waals surface area contributed by atoms with Gasteiger partial charge in [-0.2, -0.15) is 0 Å². The fourth-order valence-corrected chi connectivity index (χ4v) is 1.91. The number of ether oxygens (including phenoxy) is 3. The molecule has 0 unspecified atom stereocenters. The molecule has 0 aliphatic rings. The van der Waals surface area contributed by atoms with Gasteiger partial charge in [-0.1, -0.05) is 12.1 Å². The van der Waals surface area contributed by atoms with Crippen molar-refractivity contribution in [3.63, 3.8) is 0 Å². The number of carbonyl (C=O) groups excluding carboxylic acids is 2. The first-order valence-electron chi connectivity index (χ1n) is 6.00. The van der Waals surface area contributed by atoms with Crippen LogP contribution in [-0.2, 0) is 25.5 Å². The minimum Gasteiger partial charge on any atom is -0.497 e. The highest BCUT2D eigenvalue weighted by molar-refractivity contribution is 6.00. The topological polar surface area (TPSA) is 61.8 Å². The van der Waals surface area contributed by atoms with E-state index in [4.69, 9.17) is 4.74 Å². The third kappa shape index (κ3) is 3.29. The lowest BCUT2D eigenvalue weighted by atomic mass is 9.81. The van der Waals surface area contributed by atoms with Crippen molar-refractivity contribution in [1.82, 2.24) is 0 Å². The number of hydrogen-bond donors (Lipinski definition) is 0. The van der Waals surface area contributed by atoms with Gasteiger partial charge in [-0.25, -0.2) is 8.78 Å². The van der Waals surface area contributed by atoms with Crippen molar-refractivity contribution in [2.45, 2.75) is 12.8 Å². The molecule has 0 aliphatic carbocycles. The Morgan fingerprint density at radius 2 is 1.52 bits per heavy atom. The quantitative estimate of drug-likeness (QED) is 0.592.